The molecule has 0 fully saturated rings. The average molecular weight is 305 g/mol. The molecule has 1 aromatic carbocycles. The van der Waals surface area contributed by atoms with Gasteiger partial charge in [0, 0.05) is 30.9 Å². The van der Waals surface area contributed by atoms with Gasteiger partial charge in [-0.25, -0.2) is 4.79 Å². The number of nitrogens with one attached hydrogen (secondary N) is 2. The fourth-order valence-electron chi connectivity index (χ4n) is 2.83. The molecular formula is C16H23N3O3. The van der Waals surface area contributed by atoms with E-state index in [1.807, 2.05) is 24.3 Å². The van der Waals surface area contributed by atoms with Crippen molar-refractivity contribution in [2.45, 2.75) is 26.3 Å². The number of anilines is 1. The van der Waals surface area contributed by atoms with Gasteiger partial charge in [0.1, 0.15) is 6.04 Å². The van der Waals surface area contributed by atoms with E-state index in [2.05, 4.69) is 29.4 Å². The van der Waals surface area contributed by atoms with E-state index in [1.54, 1.807) is 0 Å². The number of carboxylic acid groups (broad SMARTS) is 1. The Morgan fingerprint density at radius 2 is 2.14 bits per heavy atom. The summed E-state index contributed by atoms with van der Waals surface area (Å²) in [6.45, 7) is 6.08. The van der Waals surface area contributed by atoms with Crippen LogP contribution in [-0.4, -0.2) is 41.6 Å². The smallest absolute Gasteiger partial charge is 0.404 e. The van der Waals surface area contributed by atoms with E-state index in [4.69, 9.17) is 5.11 Å². The lowest BCUT2D eigenvalue weighted by atomic mass is 10.0. The van der Waals surface area contributed by atoms with E-state index in [9.17, 15) is 9.59 Å². The van der Waals surface area contributed by atoms with Crippen molar-refractivity contribution in [2.24, 2.45) is 5.92 Å². The first-order valence-electron chi connectivity index (χ1n) is 7.59. The van der Waals surface area contributed by atoms with Gasteiger partial charge in [-0.1, -0.05) is 32.0 Å². The van der Waals surface area contributed by atoms with Crippen LogP contribution in [0, 0.1) is 5.92 Å². The lowest BCUT2D eigenvalue weighted by Gasteiger charge is -2.29. The highest BCUT2D eigenvalue weighted by Crippen LogP contribution is 2.35. The molecule has 1 aromatic rings. The molecule has 1 unspecified atom stereocenters. The van der Waals surface area contributed by atoms with Crippen molar-refractivity contribution >= 4 is 17.7 Å². The molecule has 0 bridgehead atoms. The van der Waals surface area contributed by atoms with E-state index in [-0.39, 0.29) is 11.9 Å². The van der Waals surface area contributed by atoms with Crippen molar-refractivity contribution in [3.63, 3.8) is 0 Å². The molecule has 6 heteroatoms. The average Bonchev–Trinajstić information content (AvgIpc) is 2.77. The number of amides is 2. The molecule has 1 atom stereocenters. The molecule has 1 aliphatic rings. The molecule has 0 aliphatic carbocycles. The van der Waals surface area contributed by atoms with Crippen LogP contribution < -0.4 is 10.6 Å². The minimum absolute atomic E-state index is 0.00644. The highest BCUT2D eigenvalue weighted by Gasteiger charge is 2.34. The monoisotopic (exact) mass is 305 g/mol. The minimum Gasteiger partial charge on any atom is -0.465 e. The Bertz CT molecular complexity index is 545. The SMILES string of the molecule is CC(C)CN(CCCNC(=O)O)C1C(=O)Nc2ccccc21. The van der Waals surface area contributed by atoms with Crippen molar-refractivity contribution in [2.75, 3.05) is 25.0 Å². The molecule has 120 valence electrons. The molecular weight excluding hydrogens is 282 g/mol. The third-order valence-corrected chi connectivity index (χ3v) is 3.62. The molecule has 3 N–H and O–H groups in total. The van der Waals surface area contributed by atoms with Crippen LogP contribution in [0.15, 0.2) is 24.3 Å². The van der Waals surface area contributed by atoms with Crippen LogP contribution in [0.4, 0.5) is 10.5 Å². The zero-order chi connectivity index (χ0) is 16.1. The molecule has 0 spiro atoms. The van der Waals surface area contributed by atoms with Crippen LogP contribution >= 0.6 is 0 Å². The molecule has 0 saturated carbocycles. The van der Waals surface area contributed by atoms with Gasteiger partial charge in [0.2, 0.25) is 5.91 Å². The van der Waals surface area contributed by atoms with Crippen LogP contribution in [0.3, 0.4) is 0 Å². The molecule has 22 heavy (non-hydrogen) atoms. The third-order valence-electron chi connectivity index (χ3n) is 3.62. The van der Waals surface area contributed by atoms with Crippen molar-refractivity contribution in [1.82, 2.24) is 10.2 Å². The van der Waals surface area contributed by atoms with Crippen molar-refractivity contribution in [3.8, 4) is 0 Å². The predicted molar refractivity (Wildman–Crippen MR) is 84.9 cm³/mol. The number of hydrogen-bond donors (Lipinski definition) is 3. The van der Waals surface area contributed by atoms with Crippen molar-refractivity contribution in [1.29, 1.82) is 0 Å². The number of benzene rings is 1. The number of carbonyl (C=O) groups is 2. The van der Waals surface area contributed by atoms with Gasteiger partial charge in [0.15, 0.2) is 0 Å². The summed E-state index contributed by atoms with van der Waals surface area (Å²) in [5, 5.41) is 13.9. The van der Waals surface area contributed by atoms with Gasteiger partial charge >= 0.3 is 6.09 Å². The highest BCUT2D eigenvalue weighted by atomic mass is 16.4. The first-order valence-corrected chi connectivity index (χ1v) is 7.59. The Kier molecular flexibility index (Phi) is 5.38. The topological polar surface area (TPSA) is 81.7 Å². The zero-order valence-electron chi connectivity index (χ0n) is 13.0. The summed E-state index contributed by atoms with van der Waals surface area (Å²) in [6.07, 6.45) is -0.343. The standard InChI is InChI=1S/C16H23N3O3/c1-11(2)10-19(9-5-8-17-16(21)22)14-12-6-3-4-7-13(12)18-15(14)20/h3-4,6-7,11,14,17H,5,8-10H2,1-2H3,(H,18,20)(H,21,22). The van der Waals surface area contributed by atoms with E-state index < -0.39 is 6.09 Å². The van der Waals surface area contributed by atoms with E-state index >= 15 is 0 Å². The second-order valence-corrected chi connectivity index (χ2v) is 5.95. The van der Waals surface area contributed by atoms with Crippen LogP contribution in [0.5, 0.6) is 0 Å². The Morgan fingerprint density at radius 1 is 1.41 bits per heavy atom. The Balaban J connectivity index is 2.08. The summed E-state index contributed by atoms with van der Waals surface area (Å²) in [5.41, 5.74) is 1.87. The lowest BCUT2D eigenvalue weighted by molar-refractivity contribution is -0.121. The molecule has 6 nitrogen and oxygen atoms in total. The predicted octanol–water partition coefficient (Wildman–Crippen LogP) is 2.30. The fourth-order valence-corrected chi connectivity index (χ4v) is 2.83. The van der Waals surface area contributed by atoms with Crippen molar-refractivity contribution < 1.29 is 14.7 Å². The highest BCUT2D eigenvalue weighted by molar-refractivity contribution is 6.02. The molecule has 0 aromatic heterocycles. The van der Waals surface area contributed by atoms with Gasteiger partial charge in [0.05, 0.1) is 0 Å². The lowest BCUT2D eigenvalue weighted by Crippen LogP contribution is -2.38. The number of carbonyl (C=O) groups excluding carboxylic acids is 1. The second kappa shape index (κ2) is 7.26. The van der Waals surface area contributed by atoms with Gasteiger partial charge < -0.3 is 15.7 Å². The van der Waals surface area contributed by atoms with Crippen LogP contribution in [0.25, 0.3) is 0 Å². The molecule has 0 saturated heterocycles. The second-order valence-electron chi connectivity index (χ2n) is 5.95. The maximum Gasteiger partial charge on any atom is 0.404 e. The normalized spacial score (nSPS) is 16.7. The van der Waals surface area contributed by atoms with E-state index in [0.29, 0.717) is 25.4 Å². The Morgan fingerprint density at radius 3 is 2.82 bits per heavy atom. The number of nitrogens with zero attached hydrogens (tertiary/aromatic N) is 1. The fraction of sp³-hybridized carbons (Fsp3) is 0.500. The minimum atomic E-state index is -1.01. The number of fused-ring (bicyclic) bond motifs is 1. The maximum atomic E-state index is 12.3. The largest absolute Gasteiger partial charge is 0.465 e. The van der Waals surface area contributed by atoms with Gasteiger partial charge in [0.25, 0.3) is 0 Å². The number of rotatable bonds is 7. The van der Waals surface area contributed by atoms with E-state index in [1.165, 1.54) is 0 Å². The van der Waals surface area contributed by atoms with Crippen LogP contribution in [0.1, 0.15) is 31.9 Å². The first-order chi connectivity index (χ1) is 10.5. The van der Waals surface area contributed by atoms with Gasteiger partial charge in [-0.2, -0.15) is 0 Å². The van der Waals surface area contributed by atoms with Crippen molar-refractivity contribution in [3.05, 3.63) is 29.8 Å². The molecule has 1 heterocycles. The van der Waals surface area contributed by atoms with E-state index in [0.717, 1.165) is 17.8 Å². The summed E-state index contributed by atoms with van der Waals surface area (Å²) in [5.74, 6) is 0.418. The van der Waals surface area contributed by atoms with Crippen LogP contribution in [-0.2, 0) is 4.79 Å². The summed E-state index contributed by atoms with van der Waals surface area (Å²) >= 11 is 0. The Labute approximate surface area is 130 Å². The van der Waals surface area contributed by atoms with Crippen LogP contribution in [0.2, 0.25) is 0 Å². The summed E-state index contributed by atoms with van der Waals surface area (Å²) in [7, 11) is 0. The van der Waals surface area contributed by atoms with Gasteiger partial charge in [-0.05, 0) is 18.4 Å². The quantitative estimate of drug-likeness (QED) is 0.675. The number of hydrogen-bond acceptors (Lipinski definition) is 3. The van der Waals surface area contributed by atoms with Gasteiger partial charge in [-0.15, -0.1) is 0 Å². The summed E-state index contributed by atoms with van der Waals surface area (Å²) in [6, 6.07) is 7.44. The Hall–Kier alpha value is -2.08. The molecule has 0 radical (unpaired) electrons. The summed E-state index contributed by atoms with van der Waals surface area (Å²) < 4.78 is 0. The molecule has 1 aliphatic heterocycles. The van der Waals surface area contributed by atoms with Gasteiger partial charge in [-0.3, -0.25) is 9.69 Å². The summed E-state index contributed by atoms with van der Waals surface area (Å²) in [4.78, 5) is 25.0. The maximum absolute atomic E-state index is 12.3. The first kappa shape index (κ1) is 16.3. The number of para-hydroxylation sites is 1. The zero-order valence-corrected chi connectivity index (χ0v) is 13.0. The molecule has 2 amide bonds. The molecule has 2 rings (SSSR count). The third kappa shape index (κ3) is 3.98.